The van der Waals surface area contributed by atoms with Crippen molar-refractivity contribution in [3.63, 3.8) is 0 Å². The van der Waals surface area contributed by atoms with E-state index in [4.69, 9.17) is 0 Å². The lowest BCUT2D eigenvalue weighted by Crippen LogP contribution is -2.27. The highest BCUT2D eigenvalue weighted by Gasteiger charge is 2.19. The molecule has 1 saturated carbocycles. The van der Waals surface area contributed by atoms with Crippen molar-refractivity contribution >= 4 is 11.3 Å². The average molecular weight is 286 g/mol. The second-order valence-electron chi connectivity index (χ2n) is 5.76. The van der Waals surface area contributed by atoms with E-state index in [0.717, 1.165) is 19.0 Å². The second-order valence-corrected chi connectivity index (χ2v) is 6.79. The summed E-state index contributed by atoms with van der Waals surface area (Å²) >= 11 is 1.86. The molecule has 1 fully saturated rings. The Morgan fingerprint density at radius 2 is 2.05 bits per heavy atom. The van der Waals surface area contributed by atoms with Crippen LogP contribution >= 0.6 is 11.3 Å². The van der Waals surface area contributed by atoms with Crippen LogP contribution in [0.2, 0.25) is 0 Å². The lowest BCUT2D eigenvalue weighted by Gasteiger charge is -2.25. The van der Waals surface area contributed by atoms with Crippen LogP contribution in [0.3, 0.4) is 0 Å². The maximum absolute atomic E-state index is 4.24. The zero-order chi connectivity index (χ0) is 13.6. The predicted molar refractivity (Wildman–Crippen MR) is 84.6 cm³/mol. The molecule has 0 N–H and O–H groups in total. The number of hydrogen-bond acceptors (Lipinski definition) is 3. The minimum atomic E-state index is 0.895. The molecule has 2 nitrogen and oxygen atoms in total. The van der Waals surface area contributed by atoms with Gasteiger partial charge in [0.1, 0.15) is 0 Å². The quantitative estimate of drug-likeness (QED) is 0.785. The normalized spacial score (nSPS) is 16.1. The molecule has 2 aromatic rings. The number of pyridine rings is 1. The Kier molecular flexibility index (Phi) is 4.82. The van der Waals surface area contributed by atoms with Gasteiger partial charge >= 0.3 is 0 Å². The van der Waals surface area contributed by atoms with Gasteiger partial charge in [-0.3, -0.25) is 9.88 Å². The molecule has 106 valence electrons. The van der Waals surface area contributed by atoms with E-state index in [1.807, 2.05) is 29.8 Å². The highest BCUT2D eigenvalue weighted by Crippen LogP contribution is 2.27. The molecule has 0 saturated heterocycles. The Morgan fingerprint density at radius 1 is 1.15 bits per heavy atom. The van der Waals surface area contributed by atoms with E-state index in [9.17, 15) is 0 Å². The first kappa shape index (κ1) is 13.8. The Morgan fingerprint density at radius 3 is 2.75 bits per heavy atom. The minimum absolute atomic E-state index is 0.895. The van der Waals surface area contributed by atoms with E-state index in [1.54, 1.807) is 0 Å². The van der Waals surface area contributed by atoms with Gasteiger partial charge < -0.3 is 0 Å². The van der Waals surface area contributed by atoms with E-state index in [1.165, 1.54) is 42.7 Å². The van der Waals surface area contributed by atoms with Crippen LogP contribution in [0.4, 0.5) is 0 Å². The lowest BCUT2D eigenvalue weighted by atomic mass is 10.1. The Bertz CT molecular complexity index is 489. The van der Waals surface area contributed by atoms with E-state index < -0.39 is 0 Å². The summed E-state index contributed by atoms with van der Waals surface area (Å²) < 4.78 is 0. The number of nitrogens with zero attached hydrogens (tertiary/aromatic N) is 2. The van der Waals surface area contributed by atoms with Crippen molar-refractivity contribution in [2.24, 2.45) is 5.92 Å². The van der Waals surface area contributed by atoms with Gasteiger partial charge in [-0.1, -0.05) is 25.0 Å². The third-order valence-electron chi connectivity index (χ3n) is 4.08. The van der Waals surface area contributed by atoms with Crippen LogP contribution in [-0.4, -0.2) is 16.4 Å². The number of rotatable bonds is 6. The van der Waals surface area contributed by atoms with Crippen molar-refractivity contribution in [2.45, 2.75) is 38.8 Å². The summed E-state index contributed by atoms with van der Waals surface area (Å²) in [5, 5.41) is 2.17. The minimum Gasteiger partial charge on any atom is -0.294 e. The van der Waals surface area contributed by atoms with Crippen molar-refractivity contribution in [1.29, 1.82) is 0 Å². The fourth-order valence-electron chi connectivity index (χ4n) is 3.12. The number of aromatic nitrogens is 1. The van der Waals surface area contributed by atoms with Crippen LogP contribution in [-0.2, 0) is 13.1 Å². The summed E-state index contributed by atoms with van der Waals surface area (Å²) in [7, 11) is 0. The van der Waals surface area contributed by atoms with Crippen LogP contribution < -0.4 is 0 Å². The molecule has 0 radical (unpaired) electrons. The van der Waals surface area contributed by atoms with Crippen LogP contribution in [0.5, 0.6) is 0 Å². The molecule has 2 heterocycles. The first-order valence-corrected chi connectivity index (χ1v) is 8.42. The van der Waals surface area contributed by atoms with E-state index in [-0.39, 0.29) is 0 Å². The molecule has 0 aliphatic heterocycles. The van der Waals surface area contributed by atoms with Gasteiger partial charge in [0, 0.05) is 36.9 Å². The summed E-state index contributed by atoms with van der Waals surface area (Å²) in [6.07, 6.45) is 9.51. The molecule has 1 aliphatic carbocycles. The fourth-order valence-corrected chi connectivity index (χ4v) is 3.86. The third kappa shape index (κ3) is 3.90. The first-order valence-electron chi connectivity index (χ1n) is 7.54. The summed E-state index contributed by atoms with van der Waals surface area (Å²) in [5.41, 5.74) is 1.32. The van der Waals surface area contributed by atoms with Gasteiger partial charge in [-0.15, -0.1) is 11.3 Å². The lowest BCUT2D eigenvalue weighted by molar-refractivity contribution is 0.217. The Balaban J connectivity index is 1.65. The first-order chi connectivity index (χ1) is 9.90. The van der Waals surface area contributed by atoms with Crippen molar-refractivity contribution in [2.75, 3.05) is 6.54 Å². The predicted octanol–water partition coefficient (Wildman–Crippen LogP) is 4.34. The Labute approximate surface area is 125 Å². The van der Waals surface area contributed by atoms with Crippen LogP contribution in [0, 0.1) is 5.92 Å². The van der Waals surface area contributed by atoms with Crippen molar-refractivity contribution in [1.82, 2.24) is 9.88 Å². The second kappa shape index (κ2) is 7.00. The summed E-state index contributed by atoms with van der Waals surface area (Å²) in [5.74, 6) is 0.895. The smallest absolute Gasteiger partial charge is 0.0331 e. The molecule has 0 atom stereocenters. The molecular formula is C17H22N2S. The molecule has 3 heteroatoms. The summed E-state index contributed by atoms with van der Waals surface area (Å²) in [6, 6.07) is 8.62. The molecule has 2 aromatic heterocycles. The van der Waals surface area contributed by atoms with E-state index in [0.29, 0.717) is 0 Å². The molecular weight excluding hydrogens is 264 g/mol. The van der Waals surface area contributed by atoms with Gasteiger partial charge in [0.2, 0.25) is 0 Å². The van der Waals surface area contributed by atoms with Gasteiger partial charge in [0.05, 0.1) is 0 Å². The molecule has 1 aliphatic rings. The van der Waals surface area contributed by atoms with Gasteiger partial charge in [0.25, 0.3) is 0 Å². The Hall–Kier alpha value is -1.19. The topological polar surface area (TPSA) is 16.1 Å². The van der Waals surface area contributed by atoms with Crippen molar-refractivity contribution in [3.05, 3.63) is 52.5 Å². The van der Waals surface area contributed by atoms with Crippen molar-refractivity contribution < 1.29 is 0 Å². The molecule has 20 heavy (non-hydrogen) atoms. The number of thiophene rings is 1. The number of hydrogen-bond donors (Lipinski definition) is 0. The van der Waals surface area contributed by atoms with Crippen LogP contribution in [0.25, 0.3) is 0 Å². The van der Waals surface area contributed by atoms with Crippen LogP contribution in [0.15, 0.2) is 42.0 Å². The average Bonchev–Trinajstić information content (AvgIpc) is 3.13. The SMILES string of the molecule is c1cncc(CN(Cc2cccs2)CC2CCCC2)c1. The monoisotopic (exact) mass is 286 g/mol. The fraction of sp³-hybridized carbons (Fsp3) is 0.471. The van der Waals surface area contributed by atoms with Gasteiger partial charge in [-0.2, -0.15) is 0 Å². The maximum Gasteiger partial charge on any atom is 0.0331 e. The molecule has 0 spiro atoms. The summed E-state index contributed by atoms with van der Waals surface area (Å²) in [4.78, 5) is 8.30. The third-order valence-corrected chi connectivity index (χ3v) is 4.94. The zero-order valence-electron chi connectivity index (χ0n) is 11.9. The standard InChI is InChI=1S/C17H22N2S/c1-2-6-15(5-1)12-19(14-17-8-4-10-20-17)13-16-7-3-9-18-11-16/h3-4,7-11,15H,1-2,5-6,12-14H2. The van der Waals surface area contributed by atoms with Gasteiger partial charge in [-0.25, -0.2) is 0 Å². The highest BCUT2D eigenvalue weighted by atomic mass is 32.1. The molecule has 0 bridgehead atoms. The van der Waals surface area contributed by atoms with Gasteiger partial charge in [0.15, 0.2) is 0 Å². The zero-order valence-corrected chi connectivity index (χ0v) is 12.7. The van der Waals surface area contributed by atoms with Gasteiger partial charge in [-0.05, 0) is 41.8 Å². The molecule has 3 rings (SSSR count). The van der Waals surface area contributed by atoms with Crippen LogP contribution in [0.1, 0.15) is 36.1 Å². The van der Waals surface area contributed by atoms with E-state index >= 15 is 0 Å². The van der Waals surface area contributed by atoms with Crippen molar-refractivity contribution in [3.8, 4) is 0 Å². The molecule has 0 amide bonds. The maximum atomic E-state index is 4.24. The van der Waals surface area contributed by atoms with E-state index in [2.05, 4.69) is 33.5 Å². The summed E-state index contributed by atoms with van der Waals surface area (Å²) in [6.45, 7) is 3.32. The largest absolute Gasteiger partial charge is 0.294 e. The highest BCUT2D eigenvalue weighted by molar-refractivity contribution is 7.09. The molecule has 0 unspecified atom stereocenters. The molecule has 0 aromatic carbocycles.